The number of halogens is 2. The van der Waals surface area contributed by atoms with E-state index in [0.29, 0.717) is 34.2 Å². The van der Waals surface area contributed by atoms with Crippen LogP contribution in [0.4, 0.5) is 21.7 Å². The molecule has 0 aliphatic rings. The van der Waals surface area contributed by atoms with Crippen LogP contribution in [0.25, 0.3) is 0 Å². The van der Waals surface area contributed by atoms with Gasteiger partial charge in [0.25, 0.3) is 0 Å². The fourth-order valence-corrected chi connectivity index (χ4v) is 1.86. The second-order valence-electron chi connectivity index (χ2n) is 4.09. The summed E-state index contributed by atoms with van der Waals surface area (Å²) in [5, 5.41) is 3.00. The van der Waals surface area contributed by atoms with Gasteiger partial charge in [-0.25, -0.2) is 20.2 Å². The number of benzene rings is 1. The first-order chi connectivity index (χ1) is 10.1. The molecule has 0 atom stereocenters. The summed E-state index contributed by atoms with van der Waals surface area (Å²) in [7, 11) is 0. The number of anilines is 3. The maximum absolute atomic E-state index is 13.5. The minimum atomic E-state index is -0.360. The molecule has 8 heteroatoms. The first-order valence-electron chi connectivity index (χ1n) is 6.26. The highest BCUT2D eigenvalue weighted by Gasteiger charge is 2.06. The number of hydrazine groups is 1. The summed E-state index contributed by atoms with van der Waals surface area (Å²) in [6.45, 7) is 2.72. The highest BCUT2D eigenvalue weighted by atomic mass is 79.9. The molecule has 112 valence electrons. The van der Waals surface area contributed by atoms with Gasteiger partial charge >= 0.3 is 0 Å². The number of ether oxygens (including phenoxy) is 1. The Bertz CT molecular complexity index is 626. The molecule has 1 aromatic heterocycles. The van der Waals surface area contributed by atoms with Gasteiger partial charge in [-0.05, 0) is 41.1 Å². The number of nitrogens with two attached hydrogens (primary N) is 1. The van der Waals surface area contributed by atoms with Gasteiger partial charge in [0.15, 0.2) is 5.82 Å². The maximum atomic E-state index is 13.5. The molecule has 2 aromatic rings. The van der Waals surface area contributed by atoms with E-state index in [0.717, 1.165) is 0 Å². The van der Waals surface area contributed by atoms with Gasteiger partial charge < -0.3 is 15.5 Å². The van der Waals surface area contributed by atoms with Crippen LogP contribution in [0.5, 0.6) is 0 Å². The Labute approximate surface area is 130 Å². The molecule has 0 amide bonds. The van der Waals surface area contributed by atoms with Crippen LogP contribution < -0.4 is 16.6 Å². The summed E-state index contributed by atoms with van der Waals surface area (Å²) in [6, 6.07) is 6.33. The Morgan fingerprint density at radius 2 is 2.05 bits per heavy atom. The van der Waals surface area contributed by atoms with Gasteiger partial charge in [-0.15, -0.1) is 0 Å². The summed E-state index contributed by atoms with van der Waals surface area (Å²) < 4.78 is 19.2. The van der Waals surface area contributed by atoms with E-state index in [4.69, 9.17) is 10.6 Å². The van der Waals surface area contributed by atoms with Crippen molar-refractivity contribution in [2.45, 2.75) is 13.5 Å². The third kappa shape index (κ3) is 4.35. The number of hydrogen-bond donors (Lipinski definition) is 3. The van der Waals surface area contributed by atoms with Crippen LogP contribution in [-0.2, 0) is 11.3 Å². The summed E-state index contributed by atoms with van der Waals surface area (Å²) in [4.78, 5) is 8.46. The molecular weight excluding hydrogens is 341 g/mol. The van der Waals surface area contributed by atoms with Crippen LogP contribution in [0.3, 0.4) is 0 Å². The van der Waals surface area contributed by atoms with Crippen LogP contribution in [0.2, 0.25) is 0 Å². The number of aromatic nitrogens is 2. The van der Waals surface area contributed by atoms with E-state index >= 15 is 0 Å². The monoisotopic (exact) mass is 355 g/mol. The number of hydrogen-bond acceptors (Lipinski definition) is 6. The topological polar surface area (TPSA) is 85.1 Å². The number of nitrogen functional groups attached to an aromatic ring is 1. The maximum Gasteiger partial charge on any atom is 0.158 e. The SMILES string of the molecule is CCOCc1nc(NN)cc(Nc2ccc(Br)c(F)c2)n1. The minimum absolute atomic E-state index is 0.273. The Morgan fingerprint density at radius 1 is 1.29 bits per heavy atom. The molecule has 0 aliphatic heterocycles. The minimum Gasteiger partial charge on any atom is -0.374 e. The van der Waals surface area contributed by atoms with Gasteiger partial charge in [-0.2, -0.15) is 0 Å². The van der Waals surface area contributed by atoms with Gasteiger partial charge in [0.1, 0.15) is 24.1 Å². The molecule has 2 rings (SSSR count). The van der Waals surface area contributed by atoms with Crippen molar-refractivity contribution < 1.29 is 9.13 Å². The largest absolute Gasteiger partial charge is 0.374 e. The van der Waals surface area contributed by atoms with E-state index in [-0.39, 0.29) is 12.4 Å². The van der Waals surface area contributed by atoms with Crippen LogP contribution in [0.15, 0.2) is 28.7 Å². The summed E-state index contributed by atoms with van der Waals surface area (Å²) in [6.07, 6.45) is 0. The van der Waals surface area contributed by atoms with Gasteiger partial charge in [-0.1, -0.05) is 0 Å². The van der Waals surface area contributed by atoms with Crippen molar-refractivity contribution in [3.8, 4) is 0 Å². The van der Waals surface area contributed by atoms with Crippen molar-refractivity contribution in [1.82, 2.24) is 9.97 Å². The number of nitrogens with one attached hydrogen (secondary N) is 2. The van der Waals surface area contributed by atoms with Gasteiger partial charge in [0.05, 0.1) is 4.47 Å². The fraction of sp³-hybridized carbons (Fsp3) is 0.231. The van der Waals surface area contributed by atoms with Gasteiger partial charge in [0, 0.05) is 18.4 Å². The van der Waals surface area contributed by atoms with Crippen LogP contribution >= 0.6 is 15.9 Å². The zero-order chi connectivity index (χ0) is 15.2. The molecule has 0 saturated carbocycles. The van der Waals surface area contributed by atoms with Crippen molar-refractivity contribution in [1.29, 1.82) is 0 Å². The smallest absolute Gasteiger partial charge is 0.158 e. The lowest BCUT2D eigenvalue weighted by atomic mass is 10.3. The predicted molar refractivity (Wildman–Crippen MR) is 82.6 cm³/mol. The van der Waals surface area contributed by atoms with E-state index in [9.17, 15) is 4.39 Å². The number of nitrogens with zero attached hydrogens (tertiary/aromatic N) is 2. The third-order valence-corrected chi connectivity index (χ3v) is 3.19. The van der Waals surface area contributed by atoms with Crippen molar-refractivity contribution >= 4 is 33.3 Å². The quantitative estimate of drug-likeness (QED) is 0.545. The fourth-order valence-electron chi connectivity index (χ4n) is 1.61. The van der Waals surface area contributed by atoms with Crippen LogP contribution in [0, 0.1) is 5.82 Å². The lowest BCUT2D eigenvalue weighted by Gasteiger charge is -2.10. The second kappa shape index (κ2) is 7.30. The normalized spacial score (nSPS) is 10.5. The molecule has 0 fully saturated rings. The molecular formula is C13H15BrFN5O. The zero-order valence-corrected chi connectivity index (χ0v) is 12.9. The molecule has 21 heavy (non-hydrogen) atoms. The molecule has 6 nitrogen and oxygen atoms in total. The average Bonchev–Trinajstić information content (AvgIpc) is 2.48. The van der Waals surface area contributed by atoms with Gasteiger partial charge in [0.2, 0.25) is 0 Å². The summed E-state index contributed by atoms with van der Waals surface area (Å²) >= 11 is 3.11. The van der Waals surface area contributed by atoms with Crippen molar-refractivity contribution in [3.05, 3.63) is 40.4 Å². The Kier molecular flexibility index (Phi) is 5.43. The molecule has 1 heterocycles. The van der Waals surface area contributed by atoms with Crippen LogP contribution in [0.1, 0.15) is 12.7 Å². The lowest BCUT2D eigenvalue weighted by molar-refractivity contribution is 0.128. The zero-order valence-electron chi connectivity index (χ0n) is 11.4. The van der Waals surface area contributed by atoms with E-state index in [1.165, 1.54) is 6.07 Å². The van der Waals surface area contributed by atoms with E-state index < -0.39 is 0 Å². The van der Waals surface area contributed by atoms with E-state index in [1.54, 1.807) is 18.2 Å². The molecule has 0 bridgehead atoms. The molecule has 0 radical (unpaired) electrons. The summed E-state index contributed by atoms with van der Waals surface area (Å²) in [5.41, 5.74) is 3.03. The standard InChI is InChI=1S/C13H15BrFN5O/c1-2-21-7-13-18-11(6-12(19-13)20-16)17-8-3-4-9(14)10(15)5-8/h3-6H,2,7,16H2,1H3,(H2,17,18,19,20). The van der Waals surface area contributed by atoms with Crippen molar-refractivity contribution in [2.24, 2.45) is 5.84 Å². The second-order valence-corrected chi connectivity index (χ2v) is 4.94. The molecule has 1 aromatic carbocycles. The molecule has 4 N–H and O–H groups in total. The van der Waals surface area contributed by atoms with Gasteiger partial charge in [-0.3, -0.25) is 0 Å². The predicted octanol–water partition coefficient (Wildman–Crippen LogP) is 2.94. The molecule has 0 saturated heterocycles. The first kappa shape index (κ1) is 15.6. The lowest BCUT2D eigenvalue weighted by Crippen LogP contribution is -2.12. The van der Waals surface area contributed by atoms with E-state index in [1.807, 2.05) is 6.92 Å². The van der Waals surface area contributed by atoms with Crippen molar-refractivity contribution in [3.63, 3.8) is 0 Å². The van der Waals surface area contributed by atoms with Crippen LogP contribution in [-0.4, -0.2) is 16.6 Å². The van der Waals surface area contributed by atoms with Crippen molar-refractivity contribution in [2.75, 3.05) is 17.3 Å². The summed E-state index contributed by atoms with van der Waals surface area (Å²) in [5.74, 6) is 6.44. The average molecular weight is 356 g/mol. The Balaban J connectivity index is 2.23. The molecule has 0 aliphatic carbocycles. The third-order valence-electron chi connectivity index (χ3n) is 2.55. The van der Waals surface area contributed by atoms with E-state index in [2.05, 4.69) is 36.6 Å². The molecule has 0 spiro atoms. The highest BCUT2D eigenvalue weighted by molar-refractivity contribution is 9.10. The Hall–Kier alpha value is -1.77. The first-order valence-corrected chi connectivity index (χ1v) is 7.06. The highest BCUT2D eigenvalue weighted by Crippen LogP contribution is 2.22. The Morgan fingerprint density at radius 3 is 2.71 bits per heavy atom. The molecule has 0 unspecified atom stereocenters. The number of rotatable bonds is 6.